The summed E-state index contributed by atoms with van der Waals surface area (Å²) in [5.41, 5.74) is 2.53. The van der Waals surface area contributed by atoms with Crippen molar-refractivity contribution >= 4 is 50.7 Å². The van der Waals surface area contributed by atoms with Crippen LogP contribution in [0.15, 0.2) is 52.0 Å². The molecule has 2 aromatic heterocycles. The molecule has 0 saturated heterocycles. The molecule has 9 heteroatoms. The Bertz CT molecular complexity index is 1190. The molecule has 0 aliphatic carbocycles. The summed E-state index contributed by atoms with van der Waals surface area (Å²) in [6.07, 6.45) is 1.62. The van der Waals surface area contributed by atoms with Gasteiger partial charge in [-0.25, -0.2) is 0 Å². The van der Waals surface area contributed by atoms with E-state index in [0.29, 0.717) is 22.9 Å². The second-order valence-electron chi connectivity index (χ2n) is 7.53. The van der Waals surface area contributed by atoms with E-state index in [-0.39, 0.29) is 22.5 Å². The molecular formula is C22H20BrCl2N3O3. The molecule has 0 fully saturated rings. The lowest BCUT2D eigenvalue weighted by atomic mass is 10.0. The zero-order valence-corrected chi connectivity index (χ0v) is 20.2. The SMILES string of the molecule is COC[C@@H](C)n1c(Br)cc2c1[C@@H](c1ccc(Cl)cc1)N(c1cc(Cl)c(=O)n(C)c1)C2=O. The van der Waals surface area contributed by atoms with Gasteiger partial charge in [0, 0.05) is 25.4 Å². The number of methoxy groups -OCH3 is 1. The van der Waals surface area contributed by atoms with Crippen LogP contribution in [0.5, 0.6) is 0 Å². The first-order valence-electron chi connectivity index (χ1n) is 9.59. The minimum absolute atomic E-state index is 0.0191. The van der Waals surface area contributed by atoms with Crippen LogP contribution in [0.1, 0.15) is 40.6 Å². The molecule has 0 bridgehead atoms. The van der Waals surface area contributed by atoms with Crippen molar-refractivity contribution < 1.29 is 9.53 Å². The van der Waals surface area contributed by atoms with Gasteiger partial charge < -0.3 is 13.9 Å². The number of aromatic nitrogens is 2. The summed E-state index contributed by atoms with van der Waals surface area (Å²) in [4.78, 5) is 27.4. The van der Waals surface area contributed by atoms with Crippen molar-refractivity contribution in [1.82, 2.24) is 9.13 Å². The maximum absolute atomic E-state index is 13.6. The predicted octanol–water partition coefficient (Wildman–Crippen LogP) is 5.21. The Morgan fingerprint density at radius 1 is 1.16 bits per heavy atom. The highest BCUT2D eigenvalue weighted by Crippen LogP contribution is 2.45. The first-order chi connectivity index (χ1) is 14.7. The molecule has 0 saturated carbocycles. The van der Waals surface area contributed by atoms with E-state index in [2.05, 4.69) is 20.5 Å². The third-order valence-electron chi connectivity index (χ3n) is 5.43. The monoisotopic (exact) mass is 523 g/mol. The topological polar surface area (TPSA) is 56.5 Å². The van der Waals surface area contributed by atoms with E-state index >= 15 is 0 Å². The number of fused-ring (bicyclic) bond motifs is 1. The first kappa shape index (κ1) is 22.1. The molecule has 0 spiro atoms. The van der Waals surface area contributed by atoms with Crippen molar-refractivity contribution in [3.05, 3.63) is 84.4 Å². The Kier molecular flexibility index (Phi) is 6.05. The number of hydrogen-bond donors (Lipinski definition) is 0. The average Bonchev–Trinajstić information content (AvgIpc) is 3.20. The highest BCUT2D eigenvalue weighted by Gasteiger charge is 2.43. The Labute approximate surface area is 198 Å². The van der Waals surface area contributed by atoms with Crippen LogP contribution in [0.3, 0.4) is 0 Å². The van der Waals surface area contributed by atoms with Gasteiger partial charge in [-0.1, -0.05) is 35.3 Å². The maximum Gasteiger partial charge on any atom is 0.269 e. The Balaban J connectivity index is 1.96. The van der Waals surface area contributed by atoms with E-state index in [4.69, 9.17) is 27.9 Å². The smallest absolute Gasteiger partial charge is 0.269 e. The van der Waals surface area contributed by atoms with Gasteiger partial charge in [0.2, 0.25) is 0 Å². The fraction of sp³-hybridized carbons (Fsp3) is 0.273. The fourth-order valence-corrected chi connectivity index (χ4v) is 5.24. The number of benzene rings is 1. The number of rotatable bonds is 5. The molecular weight excluding hydrogens is 505 g/mol. The molecule has 162 valence electrons. The number of pyridine rings is 1. The standard InChI is InChI=1S/C22H20BrCl2N3O3/c1-12(11-31-3)27-18(23)9-16-20(27)19(13-4-6-14(24)7-5-13)28(21(16)29)15-8-17(25)22(30)26(2)10-15/h4-10,12,19H,11H2,1-3H3/t12-,19-/m1/s1. The van der Waals surface area contributed by atoms with Crippen LogP contribution in [0.25, 0.3) is 0 Å². The molecule has 1 aliphatic rings. The largest absolute Gasteiger partial charge is 0.383 e. The second kappa shape index (κ2) is 8.47. The van der Waals surface area contributed by atoms with E-state index < -0.39 is 6.04 Å². The number of nitrogens with zero attached hydrogens (tertiary/aromatic N) is 3. The lowest BCUT2D eigenvalue weighted by Gasteiger charge is -2.29. The highest BCUT2D eigenvalue weighted by atomic mass is 79.9. The number of halogens is 3. The van der Waals surface area contributed by atoms with Gasteiger partial charge in [-0.05, 0) is 52.7 Å². The van der Waals surface area contributed by atoms with Gasteiger partial charge >= 0.3 is 0 Å². The molecule has 1 aromatic carbocycles. The lowest BCUT2D eigenvalue weighted by molar-refractivity contribution is 0.0993. The van der Waals surface area contributed by atoms with Crippen LogP contribution in [-0.2, 0) is 11.8 Å². The molecule has 0 unspecified atom stereocenters. The fourth-order valence-electron chi connectivity index (χ4n) is 4.10. The van der Waals surface area contributed by atoms with E-state index in [9.17, 15) is 9.59 Å². The van der Waals surface area contributed by atoms with Gasteiger partial charge in [0.25, 0.3) is 11.5 Å². The minimum atomic E-state index is -0.432. The molecule has 1 amide bonds. The van der Waals surface area contributed by atoms with E-state index in [0.717, 1.165) is 15.9 Å². The molecule has 1 aliphatic heterocycles. The number of carbonyl (C=O) groups is 1. The molecule has 2 atom stereocenters. The van der Waals surface area contributed by atoms with Gasteiger partial charge in [0.05, 0.1) is 34.2 Å². The lowest BCUT2D eigenvalue weighted by Crippen LogP contribution is -2.31. The van der Waals surface area contributed by atoms with Crippen molar-refractivity contribution in [3.8, 4) is 0 Å². The van der Waals surface area contributed by atoms with Crippen molar-refractivity contribution in [2.45, 2.75) is 19.0 Å². The number of aryl methyl sites for hydroxylation is 1. The zero-order chi connectivity index (χ0) is 22.4. The summed E-state index contributed by atoms with van der Waals surface area (Å²) in [6, 6.07) is 10.3. The van der Waals surface area contributed by atoms with Crippen LogP contribution in [0.2, 0.25) is 10.0 Å². The van der Waals surface area contributed by atoms with Gasteiger partial charge in [-0.15, -0.1) is 0 Å². The normalized spacial score (nSPS) is 16.6. The van der Waals surface area contributed by atoms with Gasteiger partial charge in [0.15, 0.2) is 0 Å². The predicted molar refractivity (Wildman–Crippen MR) is 126 cm³/mol. The van der Waals surface area contributed by atoms with Gasteiger partial charge in [-0.2, -0.15) is 0 Å². The molecule has 0 N–H and O–H groups in total. The van der Waals surface area contributed by atoms with Crippen LogP contribution in [-0.4, -0.2) is 28.8 Å². The highest BCUT2D eigenvalue weighted by molar-refractivity contribution is 9.10. The Hall–Kier alpha value is -2.06. The van der Waals surface area contributed by atoms with Gasteiger partial charge in [-0.3, -0.25) is 14.5 Å². The van der Waals surface area contributed by atoms with E-state index in [1.807, 2.05) is 25.1 Å². The molecule has 3 heterocycles. The molecule has 31 heavy (non-hydrogen) atoms. The summed E-state index contributed by atoms with van der Waals surface area (Å²) in [5.74, 6) is -0.172. The summed E-state index contributed by atoms with van der Waals surface area (Å²) >= 11 is 15.9. The summed E-state index contributed by atoms with van der Waals surface area (Å²) in [7, 11) is 3.26. The maximum atomic E-state index is 13.6. The molecule has 3 aromatic rings. The number of ether oxygens (including phenoxy) is 1. The van der Waals surface area contributed by atoms with Crippen molar-refractivity contribution in [2.75, 3.05) is 18.6 Å². The first-order valence-corrected chi connectivity index (χ1v) is 11.1. The Morgan fingerprint density at radius 3 is 2.45 bits per heavy atom. The summed E-state index contributed by atoms with van der Waals surface area (Å²) < 4.78 is 9.62. The van der Waals surface area contributed by atoms with Crippen molar-refractivity contribution in [2.24, 2.45) is 7.05 Å². The van der Waals surface area contributed by atoms with E-state index in [1.54, 1.807) is 37.4 Å². The third kappa shape index (κ3) is 3.74. The zero-order valence-electron chi connectivity index (χ0n) is 17.1. The van der Waals surface area contributed by atoms with Crippen molar-refractivity contribution in [1.29, 1.82) is 0 Å². The van der Waals surface area contributed by atoms with E-state index in [1.165, 1.54) is 10.6 Å². The number of carbonyl (C=O) groups excluding carboxylic acids is 1. The molecule has 0 radical (unpaired) electrons. The van der Waals surface area contributed by atoms with Gasteiger partial charge in [0.1, 0.15) is 11.1 Å². The second-order valence-corrected chi connectivity index (χ2v) is 9.19. The van der Waals surface area contributed by atoms with Crippen LogP contribution in [0.4, 0.5) is 5.69 Å². The Morgan fingerprint density at radius 2 is 1.84 bits per heavy atom. The van der Waals surface area contributed by atoms with Crippen molar-refractivity contribution in [3.63, 3.8) is 0 Å². The minimum Gasteiger partial charge on any atom is -0.383 e. The molecule has 4 rings (SSSR count). The number of hydrogen-bond acceptors (Lipinski definition) is 3. The van der Waals surface area contributed by atoms with Crippen LogP contribution >= 0.6 is 39.1 Å². The number of amides is 1. The third-order valence-corrected chi connectivity index (χ3v) is 6.57. The van der Waals surface area contributed by atoms with Crippen LogP contribution in [0, 0.1) is 0 Å². The summed E-state index contributed by atoms with van der Waals surface area (Å²) in [6.45, 7) is 2.51. The quantitative estimate of drug-likeness (QED) is 0.460. The summed E-state index contributed by atoms with van der Waals surface area (Å²) in [5, 5.41) is 0.658. The number of anilines is 1. The molecule has 6 nitrogen and oxygen atoms in total. The average molecular weight is 525 g/mol. The van der Waals surface area contributed by atoms with Crippen LogP contribution < -0.4 is 10.5 Å².